The van der Waals surface area contributed by atoms with E-state index in [4.69, 9.17) is 5.11 Å². The summed E-state index contributed by atoms with van der Waals surface area (Å²) < 4.78 is 0. The average Bonchev–Trinajstić information content (AvgIpc) is 2.38. The molecule has 1 rings (SSSR count). The summed E-state index contributed by atoms with van der Waals surface area (Å²) in [7, 11) is 0. The zero-order valence-corrected chi connectivity index (χ0v) is 10.6. The molecule has 0 saturated heterocycles. The molecule has 0 saturated carbocycles. The van der Waals surface area contributed by atoms with E-state index < -0.39 is 5.91 Å². The monoisotopic (exact) mass is 249 g/mol. The molecule has 98 valence electrons. The van der Waals surface area contributed by atoms with Crippen molar-refractivity contribution in [2.45, 2.75) is 32.6 Å². The minimum atomic E-state index is -0.498. The second-order valence-corrected chi connectivity index (χ2v) is 4.20. The first-order valence-electron chi connectivity index (χ1n) is 6.22. The topological polar surface area (TPSA) is 66.4 Å². The van der Waals surface area contributed by atoms with Gasteiger partial charge < -0.3 is 10.4 Å². The summed E-state index contributed by atoms with van der Waals surface area (Å²) in [5.74, 6) is -0.623. The lowest BCUT2D eigenvalue weighted by Crippen LogP contribution is -2.32. The molecule has 0 fully saturated rings. The number of rotatable bonds is 7. The number of carbonyl (C=O) groups excluding carboxylic acids is 2. The van der Waals surface area contributed by atoms with E-state index in [1.807, 2.05) is 6.92 Å². The van der Waals surface area contributed by atoms with E-state index >= 15 is 0 Å². The Labute approximate surface area is 107 Å². The Balaban J connectivity index is 2.27. The number of amides is 1. The standard InChI is InChI=1S/C14H19NO3/c1-2-3-4-13(17)14(18)15-10-9-11-5-7-12(16)8-6-11/h5-8,16H,2-4,9-10H2,1H3,(H,15,18). The molecule has 0 bridgehead atoms. The van der Waals surface area contributed by atoms with E-state index in [2.05, 4.69) is 5.32 Å². The van der Waals surface area contributed by atoms with Crippen LogP contribution >= 0.6 is 0 Å². The zero-order valence-electron chi connectivity index (χ0n) is 10.6. The number of hydrogen-bond donors (Lipinski definition) is 2. The third-order valence-corrected chi connectivity index (χ3v) is 2.65. The quantitative estimate of drug-likeness (QED) is 0.724. The number of aromatic hydroxyl groups is 1. The number of Topliss-reactive ketones (excluding diaryl/α,β-unsaturated/α-hetero) is 1. The van der Waals surface area contributed by atoms with E-state index in [1.54, 1.807) is 24.3 Å². The minimum Gasteiger partial charge on any atom is -0.508 e. The SMILES string of the molecule is CCCCC(=O)C(=O)NCCc1ccc(O)cc1. The molecule has 18 heavy (non-hydrogen) atoms. The molecular formula is C14H19NO3. The maximum Gasteiger partial charge on any atom is 0.287 e. The van der Waals surface area contributed by atoms with E-state index in [9.17, 15) is 9.59 Å². The van der Waals surface area contributed by atoms with Gasteiger partial charge in [-0.1, -0.05) is 25.5 Å². The van der Waals surface area contributed by atoms with Crippen LogP contribution in [0.2, 0.25) is 0 Å². The van der Waals surface area contributed by atoms with E-state index in [0.29, 0.717) is 19.4 Å². The summed E-state index contributed by atoms with van der Waals surface area (Å²) in [6.07, 6.45) is 2.63. The fourth-order valence-electron chi connectivity index (χ4n) is 1.53. The normalized spacial score (nSPS) is 10.1. The molecule has 4 heteroatoms. The van der Waals surface area contributed by atoms with E-state index in [0.717, 1.165) is 18.4 Å². The van der Waals surface area contributed by atoms with Crippen molar-refractivity contribution in [3.63, 3.8) is 0 Å². The predicted molar refractivity (Wildman–Crippen MR) is 69.4 cm³/mol. The minimum absolute atomic E-state index is 0.220. The lowest BCUT2D eigenvalue weighted by atomic mass is 10.1. The Bertz CT molecular complexity index is 398. The maximum absolute atomic E-state index is 11.4. The van der Waals surface area contributed by atoms with Crippen molar-refractivity contribution >= 4 is 11.7 Å². The van der Waals surface area contributed by atoms with Crippen molar-refractivity contribution in [1.82, 2.24) is 5.32 Å². The van der Waals surface area contributed by atoms with Crippen molar-refractivity contribution in [3.8, 4) is 5.75 Å². The van der Waals surface area contributed by atoms with Gasteiger partial charge in [-0.15, -0.1) is 0 Å². The second-order valence-electron chi connectivity index (χ2n) is 4.20. The Hall–Kier alpha value is -1.84. The molecule has 1 aromatic rings. The molecule has 0 heterocycles. The van der Waals surface area contributed by atoms with E-state index in [-0.39, 0.29) is 11.5 Å². The van der Waals surface area contributed by atoms with Gasteiger partial charge >= 0.3 is 0 Å². The van der Waals surface area contributed by atoms with Gasteiger partial charge in [-0.3, -0.25) is 9.59 Å². The molecule has 0 spiro atoms. The molecule has 0 unspecified atom stereocenters. The average molecular weight is 249 g/mol. The lowest BCUT2D eigenvalue weighted by Gasteiger charge is -2.04. The van der Waals surface area contributed by atoms with Gasteiger partial charge in [-0.2, -0.15) is 0 Å². The van der Waals surface area contributed by atoms with Crippen LogP contribution < -0.4 is 5.32 Å². The van der Waals surface area contributed by atoms with Gasteiger partial charge in [0.25, 0.3) is 5.91 Å². The first-order valence-corrected chi connectivity index (χ1v) is 6.22. The fraction of sp³-hybridized carbons (Fsp3) is 0.429. The number of nitrogens with one attached hydrogen (secondary N) is 1. The first-order chi connectivity index (χ1) is 8.63. The smallest absolute Gasteiger partial charge is 0.287 e. The van der Waals surface area contributed by atoms with Crippen molar-refractivity contribution in [2.24, 2.45) is 0 Å². The largest absolute Gasteiger partial charge is 0.508 e. The van der Waals surface area contributed by atoms with Crippen LogP contribution in [0.5, 0.6) is 5.75 Å². The molecule has 0 aliphatic rings. The van der Waals surface area contributed by atoms with Gasteiger partial charge in [0.1, 0.15) is 5.75 Å². The Morgan fingerprint density at radius 3 is 2.50 bits per heavy atom. The highest BCUT2D eigenvalue weighted by molar-refractivity contribution is 6.36. The Morgan fingerprint density at radius 1 is 1.22 bits per heavy atom. The summed E-state index contributed by atoms with van der Waals surface area (Å²) in [5.41, 5.74) is 1.01. The van der Waals surface area contributed by atoms with Crippen molar-refractivity contribution in [1.29, 1.82) is 0 Å². The summed E-state index contributed by atoms with van der Waals surface area (Å²) in [5, 5.41) is 11.7. The van der Waals surface area contributed by atoms with Crippen LogP contribution in [-0.4, -0.2) is 23.3 Å². The van der Waals surface area contributed by atoms with Gasteiger partial charge in [-0.25, -0.2) is 0 Å². The number of carbonyl (C=O) groups is 2. The first kappa shape index (κ1) is 14.2. The van der Waals surface area contributed by atoms with Crippen molar-refractivity contribution in [3.05, 3.63) is 29.8 Å². The van der Waals surface area contributed by atoms with Crippen LogP contribution in [0.25, 0.3) is 0 Å². The van der Waals surface area contributed by atoms with Gasteiger partial charge in [0.2, 0.25) is 5.78 Å². The summed E-state index contributed by atoms with van der Waals surface area (Å²) in [4.78, 5) is 22.7. The highest BCUT2D eigenvalue weighted by atomic mass is 16.3. The molecule has 0 aliphatic heterocycles. The molecule has 0 radical (unpaired) electrons. The highest BCUT2D eigenvalue weighted by Crippen LogP contribution is 2.09. The Morgan fingerprint density at radius 2 is 1.89 bits per heavy atom. The van der Waals surface area contributed by atoms with Crippen LogP contribution in [0.4, 0.5) is 0 Å². The van der Waals surface area contributed by atoms with Gasteiger partial charge in [0.05, 0.1) is 0 Å². The van der Waals surface area contributed by atoms with Gasteiger partial charge in [0, 0.05) is 13.0 Å². The van der Waals surface area contributed by atoms with E-state index in [1.165, 1.54) is 0 Å². The fourth-order valence-corrected chi connectivity index (χ4v) is 1.53. The van der Waals surface area contributed by atoms with Gasteiger partial charge in [-0.05, 0) is 30.5 Å². The number of phenols is 1. The van der Waals surface area contributed by atoms with Crippen molar-refractivity contribution < 1.29 is 14.7 Å². The number of phenolic OH excluding ortho intramolecular Hbond substituents is 1. The summed E-state index contributed by atoms with van der Waals surface area (Å²) in [6, 6.07) is 6.79. The molecule has 4 nitrogen and oxygen atoms in total. The highest BCUT2D eigenvalue weighted by Gasteiger charge is 2.11. The molecule has 0 aliphatic carbocycles. The predicted octanol–water partition coefficient (Wildman–Crippen LogP) is 1.81. The van der Waals surface area contributed by atoms with Crippen LogP contribution in [0.1, 0.15) is 31.7 Å². The maximum atomic E-state index is 11.4. The number of benzene rings is 1. The lowest BCUT2D eigenvalue weighted by molar-refractivity contribution is -0.137. The molecule has 0 aromatic heterocycles. The number of hydrogen-bond acceptors (Lipinski definition) is 3. The zero-order chi connectivity index (χ0) is 13.4. The Kier molecular flexibility index (Phi) is 5.91. The molecular weight excluding hydrogens is 230 g/mol. The van der Waals surface area contributed by atoms with Crippen LogP contribution in [-0.2, 0) is 16.0 Å². The second kappa shape index (κ2) is 7.48. The third-order valence-electron chi connectivity index (χ3n) is 2.65. The number of unbranched alkanes of at least 4 members (excludes halogenated alkanes) is 1. The van der Waals surface area contributed by atoms with Crippen molar-refractivity contribution in [2.75, 3.05) is 6.54 Å². The number of ketones is 1. The summed E-state index contributed by atoms with van der Waals surface area (Å²) in [6.45, 7) is 2.41. The molecule has 0 atom stereocenters. The molecule has 1 aromatic carbocycles. The molecule has 2 N–H and O–H groups in total. The van der Waals surface area contributed by atoms with Crippen LogP contribution in [0, 0.1) is 0 Å². The summed E-state index contributed by atoms with van der Waals surface area (Å²) >= 11 is 0. The van der Waals surface area contributed by atoms with Crippen LogP contribution in [0.15, 0.2) is 24.3 Å². The van der Waals surface area contributed by atoms with Gasteiger partial charge in [0.15, 0.2) is 0 Å². The third kappa shape index (κ3) is 4.99. The molecule has 1 amide bonds. The van der Waals surface area contributed by atoms with Crippen LogP contribution in [0.3, 0.4) is 0 Å².